The quantitative estimate of drug-likeness (QED) is 0.574. The highest BCUT2D eigenvalue weighted by Crippen LogP contribution is 2.32. The van der Waals surface area contributed by atoms with E-state index in [1.54, 1.807) is 4.90 Å². The number of hydrogen-bond acceptors (Lipinski definition) is 5. The van der Waals surface area contributed by atoms with Gasteiger partial charge in [0.15, 0.2) is 0 Å². The Morgan fingerprint density at radius 3 is 2.39 bits per heavy atom. The minimum absolute atomic E-state index is 0.107. The molecular weight excluding hydrogens is 435 g/mol. The molecule has 0 saturated carbocycles. The molecule has 1 aromatic heterocycles. The van der Waals surface area contributed by atoms with Crippen LogP contribution in [0.2, 0.25) is 0 Å². The second-order valence-corrected chi connectivity index (χ2v) is 9.55. The Hall–Kier alpha value is -2.81. The summed E-state index contributed by atoms with van der Waals surface area (Å²) in [4.78, 5) is 18.2. The highest BCUT2D eigenvalue weighted by molar-refractivity contribution is 5.69. The Labute approximate surface area is 192 Å². The highest BCUT2D eigenvalue weighted by atomic mass is 19.4. The number of benzene rings is 1. The van der Waals surface area contributed by atoms with Gasteiger partial charge in [-0.2, -0.15) is 13.2 Å². The predicted octanol–water partition coefficient (Wildman–Crippen LogP) is 6.15. The molecule has 1 aromatic carbocycles. The first-order chi connectivity index (χ1) is 15.2. The molecule has 2 aromatic rings. The average Bonchev–Trinajstić information content (AvgIpc) is 3.00. The van der Waals surface area contributed by atoms with Gasteiger partial charge in [0, 0.05) is 11.9 Å². The first kappa shape index (κ1) is 24.8. The van der Waals surface area contributed by atoms with Crippen LogP contribution in [0.5, 0.6) is 0 Å². The molecule has 1 unspecified atom stereocenters. The maximum absolute atomic E-state index is 12.7. The van der Waals surface area contributed by atoms with Gasteiger partial charge in [0.25, 0.3) is 0 Å². The lowest BCUT2D eigenvalue weighted by atomic mass is 10.0. The third kappa shape index (κ3) is 6.60. The van der Waals surface area contributed by atoms with Gasteiger partial charge in [0.1, 0.15) is 17.1 Å². The summed E-state index contributed by atoms with van der Waals surface area (Å²) in [6.45, 7) is 9.64. The van der Waals surface area contributed by atoms with Crippen molar-refractivity contribution >= 4 is 17.6 Å². The summed E-state index contributed by atoms with van der Waals surface area (Å²) in [5.41, 5.74) is -0.343. The van der Waals surface area contributed by atoms with Crippen LogP contribution in [0.25, 0.3) is 0 Å². The molecule has 0 radical (unpaired) electrons. The normalized spacial score (nSPS) is 18.3. The van der Waals surface area contributed by atoms with Crippen molar-refractivity contribution in [1.82, 2.24) is 9.88 Å². The second-order valence-electron chi connectivity index (χ2n) is 9.55. The lowest BCUT2D eigenvalue weighted by molar-refractivity contribution is -0.137. The minimum atomic E-state index is -4.41. The van der Waals surface area contributed by atoms with E-state index in [0.29, 0.717) is 24.5 Å². The molecule has 9 heteroatoms. The molecular formula is C24H30F3N3O3. The van der Waals surface area contributed by atoms with Gasteiger partial charge < -0.3 is 14.8 Å². The summed E-state index contributed by atoms with van der Waals surface area (Å²) in [5.74, 6) is 0.328. The molecule has 1 fully saturated rings. The van der Waals surface area contributed by atoms with E-state index in [4.69, 9.17) is 9.47 Å². The summed E-state index contributed by atoms with van der Waals surface area (Å²) in [6, 6.07) is 9.74. The van der Waals surface area contributed by atoms with Crippen LogP contribution in [-0.2, 0) is 22.1 Å². The van der Waals surface area contributed by atoms with Crippen molar-refractivity contribution in [2.24, 2.45) is 0 Å². The monoisotopic (exact) mass is 465 g/mol. The van der Waals surface area contributed by atoms with E-state index in [-0.39, 0.29) is 6.04 Å². The van der Waals surface area contributed by atoms with Gasteiger partial charge in [-0.15, -0.1) is 0 Å². The summed E-state index contributed by atoms with van der Waals surface area (Å²) in [6.07, 6.45) is -2.57. The molecule has 0 spiro atoms. The lowest BCUT2D eigenvalue weighted by Crippen LogP contribution is -2.49. The van der Waals surface area contributed by atoms with Gasteiger partial charge in [-0.1, -0.05) is 12.1 Å². The van der Waals surface area contributed by atoms with Gasteiger partial charge in [0.2, 0.25) is 0 Å². The number of hydrogen-bond donors (Lipinski definition) is 1. The van der Waals surface area contributed by atoms with Gasteiger partial charge in [0.05, 0.1) is 18.2 Å². The lowest BCUT2D eigenvalue weighted by Gasteiger charge is -2.35. The number of aromatic nitrogens is 1. The zero-order valence-electron chi connectivity index (χ0n) is 19.5. The fraction of sp³-hybridized carbons (Fsp3) is 0.500. The molecule has 6 nitrogen and oxygen atoms in total. The maximum Gasteiger partial charge on any atom is 0.417 e. The van der Waals surface area contributed by atoms with Crippen molar-refractivity contribution in [2.45, 2.75) is 71.0 Å². The molecule has 0 aliphatic carbocycles. The maximum atomic E-state index is 12.7. The largest absolute Gasteiger partial charge is 0.444 e. The molecule has 33 heavy (non-hydrogen) atoms. The third-order valence-corrected chi connectivity index (χ3v) is 5.25. The zero-order chi connectivity index (χ0) is 24.4. The van der Waals surface area contributed by atoms with Crippen molar-refractivity contribution in [3.63, 3.8) is 0 Å². The van der Waals surface area contributed by atoms with Crippen LogP contribution in [0.3, 0.4) is 0 Å². The number of ether oxygens (including phenoxy) is 2. The number of pyridine rings is 1. The number of anilines is 2. The van der Waals surface area contributed by atoms with Crippen LogP contribution in [0, 0.1) is 0 Å². The highest BCUT2D eigenvalue weighted by Gasteiger charge is 2.45. The number of amides is 1. The van der Waals surface area contributed by atoms with Crippen molar-refractivity contribution in [3.05, 3.63) is 53.7 Å². The van der Waals surface area contributed by atoms with Crippen LogP contribution in [0.1, 0.15) is 52.2 Å². The molecule has 1 saturated heterocycles. The standard InChI is InChI=1S/C24H30F3N3O3/c1-22(2,3)33-21(31)30-19(15-32-23(30,4)5)12-8-16-6-10-18(11-7-16)29-20-13-9-17(14-28-20)24(25,26)27/h6-7,9-11,13-14,19H,8,12,15H2,1-5H3,(H,28,29). The smallest absolute Gasteiger partial charge is 0.417 e. The Bertz CT molecular complexity index is 952. The van der Waals surface area contributed by atoms with Gasteiger partial charge >= 0.3 is 12.3 Å². The van der Waals surface area contributed by atoms with Crippen LogP contribution >= 0.6 is 0 Å². The van der Waals surface area contributed by atoms with Crippen LogP contribution in [0.15, 0.2) is 42.6 Å². The van der Waals surface area contributed by atoms with Crippen molar-refractivity contribution in [2.75, 3.05) is 11.9 Å². The molecule has 1 N–H and O–H groups in total. The number of alkyl halides is 3. The van der Waals surface area contributed by atoms with E-state index >= 15 is 0 Å². The summed E-state index contributed by atoms with van der Waals surface area (Å²) < 4.78 is 49.4. The summed E-state index contributed by atoms with van der Waals surface area (Å²) in [7, 11) is 0. The Balaban J connectivity index is 1.59. The van der Waals surface area contributed by atoms with Crippen molar-refractivity contribution < 1.29 is 27.4 Å². The number of carbonyl (C=O) groups excluding carboxylic acids is 1. The Kier molecular flexibility index (Phi) is 6.93. The van der Waals surface area contributed by atoms with Crippen LogP contribution in [0.4, 0.5) is 29.5 Å². The van der Waals surface area contributed by atoms with E-state index in [1.807, 2.05) is 58.9 Å². The van der Waals surface area contributed by atoms with E-state index in [9.17, 15) is 18.0 Å². The molecule has 1 aliphatic heterocycles. The van der Waals surface area contributed by atoms with E-state index in [0.717, 1.165) is 24.2 Å². The number of nitrogens with one attached hydrogen (secondary N) is 1. The fourth-order valence-electron chi connectivity index (χ4n) is 3.65. The van der Waals surface area contributed by atoms with Gasteiger partial charge in [-0.05, 0) is 77.3 Å². The molecule has 3 rings (SSSR count). The first-order valence-electron chi connectivity index (χ1n) is 10.8. The van der Waals surface area contributed by atoms with Crippen LogP contribution < -0.4 is 5.32 Å². The Morgan fingerprint density at radius 2 is 1.85 bits per heavy atom. The number of nitrogens with zero attached hydrogens (tertiary/aromatic N) is 2. The molecule has 1 amide bonds. The topological polar surface area (TPSA) is 63.7 Å². The third-order valence-electron chi connectivity index (χ3n) is 5.25. The van der Waals surface area contributed by atoms with Gasteiger partial charge in [-0.3, -0.25) is 4.90 Å². The summed E-state index contributed by atoms with van der Waals surface area (Å²) >= 11 is 0. The number of rotatable bonds is 5. The average molecular weight is 466 g/mol. The summed E-state index contributed by atoms with van der Waals surface area (Å²) in [5, 5.41) is 2.99. The van der Waals surface area contributed by atoms with Crippen molar-refractivity contribution in [1.29, 1.82) is 0 Å². The van der Waals surface area contributed by atoms with Gasteiger partial charge in [-0.25, -0.2) is 9.78 Å². The van der Waals surface area contributed by atoms with E-state index in [1.165, 1.54) is 6.07 Å². The van der Waals surface area contributed by atoms with E-state index in [2.05, 4.69) is 10.3 Å². The van der Waals surface area contributed by atoms with Crippen LogP contribution in [-0.4, -0.2) is 40.0 Å². The molecule has 0 bridgehead atoms. The zero-order valence-corrected chi connectivity index (χ0v) is 19.5. The first-order valence-corrected chi connectivity index (χ1v) is 10.8. The number of aryl methyl sites for hydroxylation is 1. The molecule has 180 valence electrons. The number of carbonyl (C=O) groups is 1. The fourth-order valence-corrected chi connectivity index (χ4v) is 3.65. The second kappa shape index (κ2) is 9.21. The minimum Gasteiger partial charge on any atom is -0.444 e. The predicted molar refractivity (Wildman–Crippen MR) is 119 cm³/mol. The van der Waals surface area contributed by atoms with Crippen molar-refractivity contribution in [3.8, 4) is 0 Å². The SMILES string of the molecule is CC(C)(C)OC(=O)N1C(CCc2ccc(Nc3ccc(C(F)(F)F)cn3)cc2)COC1(C)C. The molecule has 1 aliphatic rings. The number of halogens is 3. The molecule has 2 heterocycles. The molecule has 1 atom stereocenters. The Morgan fingerprint density at radius 1 is 1.18 bits per heavy atom. The van der Waals surface area contributed by atoms with E-state index < -0.39 is 29.2 Å².